The van der Waals surface area contributed by atoms with E-state index < -0.39 is 6.35 Å². The Balaban J connectivity index is 2.68. The van der Waals surface area contributed by atoms with E-state index in [1.54, 1.807) is 12.3 Å². The Labute approximate surface area is 65.1 Å². The third-order valence-corrected chi connectivity index (χ3v) is 1.34. The van der Waals surface area contributed by atoms with Crippen molar-refractivity contribution in [2.45, 2.75) is 6.35 Å². The Kier molecular flexibility index (Phi) is 2.45. The molecule has 2 N–H and O–H groups in total. The highest BCUT2D eigenvalue weighted by atomic mass is 16.5. The van der Waals surface area contributed by atoms with Crippen LogP contribution in [0.5, 0.6) is 0 Å². The van der Waals surface area contributed by atoms with Crippen LogP contribution in [0.1, 0.15) is 0 Å². The second-order valence-corrected chi connectivity index (χ2v) is 1.98. The third kappa shape index (κ3) is 1.50. The lowest BCUT2D eigenvalue weighted by molar-refractivity contribution is -0.0392. The van der Waals surface area contributed by atoms with Crippen LogP contribution >= 0.6 is 0 Å². The molecule has 0 saturated heterocycles. The van der Waals surface area contributed by atoms with Crippen LogP contribution in [-0.4, -0.2) is 31.8 Å². The first-order valence-electron chi connectivity index (χ1n) is 3.13. The minimum absolute atomic E-state index is 0.477. The molecule has 11 heavy (non-hydrogen) atoms. The summed E-state index contributed by atoms with van der Waals surface area (Å²) in [6.07, 6.45) is 2.78. The molecule has 1 aliphatic rings. The van der Waals surface area contributed by atoms with Gasteiger partial charge in [0.15, 0.2) is 0 Å². The van der Waals surface area contributed by atoms with E-state index in [2.05, 4.69) is 4.99 Å². The molecule has 0 amide bonds. The average molecular weight is 157 g/mol. The van der Waals surface area contributed by atoms with Crippen LogP contribution in [0.15, 0.2) is 17.0 Å². The molecule has 0 aromatic heterocycles. The van der Waals surface area contributed by atoms with Crippen LogP contribution < -0.4 is 5.84 Å². The van der Waals surface area contributed by atoms with Gasteiger partial charge in [0, 0.05) is 19.4 Å². The zero-order valence-electron chi connectivity index (χ0n) is 6.52. The van der Waals surface area contributed by atoms with E-state index in [1.165, 1.54) is 19.2 Å². The minimum atomic E-state index is -0.477. The number of hydrogen-bond donors (Lipinski definition) is 1. The number of ether oxygens (including phenoxy) is 2. The molecule has 0 spiro atoms. The van der Waals surface area contributed by atoms with Crippen molar-refractivity contribution in [2.24, 2.45) is 10.8 Å². The Morgan fingerprint density at radius 2 is 2.36 bits per heavy atom. The van der Waals surface area contributed by atoms with E-state index in [1.807, 2.05) is 0 Å². The predicted molar refractivity (Wildman–Crippen MR) is 40.4 cm³/mol. The van der Waals surface area contributed by atoms with Crippen molar-refractivity contribution in [2.75, 3.05) is 14.2 Å². The number of rotatable bonds is 2. The maximum absolute atomic E-state index is 5.55. The van der Waals surface area contributed by atoms with E-state index in [0.717, 1.165) is 0 Å². The Bertz CT molecular complexity index is 190. The zero-order chi connectivity index (χ0) is 8.27. The number of aliphatic imine (C=N–C) groups is 1. The van der Waals surface area contributed by atoms with Gasteiger partial charge in [-0.3, -0.25) is 0 Å². The first-order chi connectivity index (χ1) is 5.29. The van der Waals surface area contributed by atoms with E-state index in [9.17, 15) is 0 Å². The van der Waals surface area contributed by atoms with Gasteiger partial charge in [-0.1, -0.05) is 0 Å². The molecule has 1 heterocycles. The van der Waals surface area contributed by atoms with Crippen molar-refractivity contribution in [1.29, 1.82) is 0 Å². The van der Waals surface area contributed by atoms with Gasteiger partial charge in [0.2, 0.25) is 12.2 Å². The van der Waals surface area contributed by atoms with Crippen LogP contribution in [0.2, 0.25) is 0 Å². The summed E-state index contributed by atoms with van der Waals surface area (Å²) in [7, 11) is 3.07. The minimum Gasteiger partial charge on any atom is -0.481 e. The van der Waals surface area contributed by atoms with Gasteiger partial charge in [-0.05, 0) is 0 Å². The molecule has 0 aromatic rings. The van der Waals surface area contributed by atoms with Gasteiger partial charge in [-0.15, -0.1) is 0 Å². The van der Waals surface area contributed by atoms with Gasteiger partial charge < -0.3 is 9.47 Å². The summed E-state index contributed by atoms with van der Waals surface area (Å²) in [5.41, 5.74) is 0. The first kappa shape index (κ1) is 8.03. The second kappa shape index (κ2) is 3.36. The fourth-order valence-electron chi connectivity index (χ4n) is 0.795. The summed E-state index contributed by atoms with van der Waals surface area (Å²) in [5.74, 6) is 6.08. The number of nitrogens with zero attached hydrogens (tertiary/aromatic N) is 2. The van der Waals surface area contributed by atoms with Crippen molar-refractivity contribution in [1.82, 2.24) is 5.01 Å². The number of allylic oxidation sites excluding steroid dienone is 1. The summed E-state index contributed by atoms with van der Waals surface area (Å²) in [5, 5.41) is 1.31. The SMILES string of the molecule is COC1=CC=NC(OC)N1N. The van der Waals surface area contributed by atoms with Crippen molar-refractivity contribution in [3.8, 4) is 0 Å². The summed E-state index contributed by atoms with van der Waals surface area (Å²) in [6, 6.07) is 0. The molecule has 5 nitrogen and oxygen atoms in total. The van der Waals surface area contributed by atoms with Crippen LogP contribution in [0, 0.1) is 0 Å². The Morgan fingerprint density at radius 3 is 2.91 bits per heavy atom. The van der Waals surface area contributed by atoms with E-state index in [-0.39, 0.29) is 0 Å². The first-order valence-corrected chi connectivity index (χ1v) is 3.13. The van der Waals surface area contributed by atoms with Crippen LogP contribution in [-0.2, 0) is 9.47 Å². The normalized spacial score (nSPS) is 23.4. The third-order valence-electron chi connectivity index (χ3n) is 1.34. The monoisotopic (exact) mass is 157 g/mol. The predicted octanol–water partition coefficient (Wildman–Crippen LogP) is -0.336. The molecule has 62 valence electrons. The highest BCUT2D eigenvalue weighted by Gasteiger charge is 2.18. The number of methoxy groups -OCH3 is 2. The van der Waals surface area contributed by atoms with Gasteiger partial charge in [0.1, 0.15) is 0 Å². The molecular weight excluding hydrogens is 146 g/mol. The topological polar surface area (TPSA) is 60.1 Å². The average Bonchev–Trinajstić information content (AvgIpc) is 2.05. The van der Waals surface area contributed by atoms with Gasteiger partial charge in [-0.25, -0.2) is 15.8 Å². The molecule has 1 aliphatic heterocycles. The fraction of sp³-hybridized carbons (Fsp3) is 0.500. The van der Waals surface area contributed by atoms with Crippen LogP contribution in [0.4, 0.5) is 0 Å². The summed E-state index contributed by atoms with van der Waals surface area (Å²) < 4.78 is 9.84. The highest BCUT2D eigenvalue weighted by molar-refractivity contribution is 5.72. The molecule has 0 aromatic carbocycles. The number of hydrazine groups is 1. The zero-order valence-corrected chi connectivity index (χ0v) is 6.52. The molecule has 0 radical (unpaired) electrons. The fourth-order valence-corrected chi connectivity index (χ4v) is 0.795. The molecular formula is C6H11N3O2. The molecule has 0 fully saturated rings. The van der Waals surface area contributed by atoms with Gasteiger partial charge in [0.05, 0.1) is 7.11 Å². The van der Waals surface area contributed by atoms with Crippen molar-refractivity contribution in [3.05, 3.63) is 12.0 Å². The maximum atomic E-state index is 5.55. The van der Waals surface area contributed by atoms with E-state index in [0.29, 0.717) is 5.88 Å². The molecule has 0 saturated carbocycles. The molecule has 0 bridgehead atoms. The molecule has 5 heteroatoms. The summed E-state index contributed by atoms with van der Waals surface area (Å²) in [4.78, 5) is 3.92. The lowest BCUT2D eigenvalue weighted by atomic mass is 10.5. The van der Waals surface area contributed by atoms with Crippen molar-refractivity contribution >= 4 is 6.21 Å². The van der Waals surface area contributed by atoms with E-state index in [4.69, 9.17) is 15.3 Å². The standard InChI is InChI=1S/C6H11N3O2/c1-10-5-3-4-8-6(11-2)9(5)7/h3-4,6H,7H2,1-2H3. The lowest BCUT2D eigenvalue weighted by Crippen LogP contribution is -2.42. The van der Waals surface area contributed by atoms with Gasteiger partial charge >= 0.3 is 0 Å². The van der Waals surface area contributed by atoms with Crippen LogP contribution in [0.3, 0.4) is 0 Å². The molecule has 1 rings (SSSR count). The lowest BCUT2D eigenvalue weighted by Gasteiger charge is -2.27. The quantitative estimate of drug-likeness (QED) is 0.557. The number of nitrogens with two attached hydrogens (primary N) is 1. The molecule has 0 aliphatic carbocycles. The summed E-state index contributed by atoms with van der Waals surface area (Å²) in [6.45, 7) is 0. The smallest absolute Gasteiger partial charge is 0.243 e. The van der Waals surface area contributed by atoms with Crippen molar-refractivity contribution < 1.29 is 9.47 Å². The van der Waals surface area contributed by atoms with Crippen molar-refractivity contribution in [3.63, 3.8) is 0 Å². The number of hydrogen-bond acceptors (Lipinski definition) is 5. The van der Waals surface area contributed by atoms with E-state index >= 15 is 0 Å². The maximum Gasteiger partial charge on any atom is 0.243 e. The van der Waals surface area contributed by atoms with Crippen LogP contribution in [0.25, 0.3) is 0 Å². The largest absolute Gasteiger partial charge is 0.481 e. The Morgan fingerprint density at radius 1 is 1.64 bits per heavy atom. The van der Waals surface area contributed by atoms with Gasteiger partial charge in [0.25, 0.3) is 0 Å². The second-order valence-electron chi connectivity index (χ2n) is 1.98. The molecule has 1 atom stereocenters. The van der Waals surface area contributed by atoms with Gasteiger partial charge in [-0.2, -0.15) is 0 Å². The Hall–Kier alpha value is -1.07. The summed E-state index contributed by atoms with van der Waals surface area (Å²) >= 11 is 0. The molecule has 1 unspecified atom stereocenters. The highest BCUT2D eigenvalue weighted by Crippen LogP contribution is 2.09.